The molecule has 1 heterocycles. The number of aromatic carboxylic acids is 1. The Kier molecular flexibility index (Phi) is 4.98. The molecule has 0 radical (unpaired) electrons. The molecule has 110 valence electrons. The molecule has 0 fully saturated rings. The molecule has 6 heteroatoms. The van der Waals surface area contributed by atoms with Crippen molar-refractivity contribution < 1.29 is 14.7 Å². The number of thiophene rings is 1. The minimum absolute atomic E-state index is 0.135. The number of carbonyl (C=O) groups excluding carboxylic acids is 1. The second-order valence-corrected chi connectivity index (χ2v) is 6.04. The topological polar surface area (TPSA) is 66.4 Å². The lowest BCUT2D eigenvalue weighted by Gasteiger charge is -2.04. The van der Waals surface area contributed by atoms with Crippen molar-refractivity contribution in [1.29, 1.82) is 0 Å². The van der Waals surface area contributed by atoms with Gasteiger partial charge in [0.15, 0.2) is 0 Å². The van der Waals surface area contributed by atoms with Gasteiger partial charge in [0.05, 0.1) is 12.0 Å². The van der Waals surface area contributed by atoms with Crippen LogP contribution < -0.4 is 5.32 Å². The normalized spacial score (nSPS) is 10.4. The van der Waals surface area contributed by atoms with Crippen LogP contribution in [0.2, 0.25) is 5.02 Å². The Hall–Kier alpha value is -1.85. The van der Waals surface area contributed by atoms with E-state index in [2.05, 4.69) is 5.32 Å². The molecule has 1 amide bonds. The van der Waals surface area contributed by atoms with Crippen molar-refractivity contribution >= 4 is 39.8 Å². The first-order valence-electron chi connectivity index (χ1n) is 6.40. The summed E-state index contributed by atoms with van der Waals surface area (Å²) < 4.78 is 0. The van der Waals surface area contributed by atoms with Crippen LogP contribution in [-0.4, -0.2) is 17.0 Å². The molecule has 2 aromatic rings. The lowest BCUT2D eigenvalue weighted by molar-refractivity contribution is -0.115. The zero-order valence-electron chi connectivity index (χ0n) is 11.4. The van der Waals surface area contributed by atoms with Gasteiger partial charge in [-0.25, -0.2) is 4.79 Å². The number of nitrogens with one attached hydrogen (secondary N) is 1. The molecule has 0 aliphatic carbocycles. The zero-order chi connectivity index (χ0) is 15.4. The number of benzene rings is 1. The van der Waals surface area contributed by atoms with Gasteiger partial charge in [-0.15, -0.1) is 11.3 Å². The Morgan fingerprint density at radius 3 is 2.71 bits per heavy atom. The van der Waals surface area contributed by atoms with E-state index in [4.69, 9.17) is 16.7 Å². The number of amides is 1. The molecule has 0 saturated heterocycles. The average Bonchev–Trinajstić information content (AvgIpc) is 2.81. The van der Waals surface area contributed by atoms with Crippen LogP contribution >= 0.6 is 22.9 Å². The molecule has 2 rings (SSSR count). The Morgan fingerprint density at radius 1 is 1.33 bits per heavy atom. The van der Waals surface area contributed by atoms with Gasteiger partial charge in [0, 0.05) is 9.90 Å². The second-order valence-electron chi connectivity index (χ2n) is 4.47. The Bertz CT molecular complexity index is 681. The maximum Gasteiger partial charge on any atom is 0.338 e. The standard InChI is InChI=1S/C15H14ClNO3S/c1-2-11-8-12(15(19)20)14(21-11)17-13(18)7-9-4-3-5-10(16)6-9/h3-6,8H,2,7H2,1H3,(H,17,18)(H,19,20). The van der Waals surface area contributed by atoms with E-state index >= 15 is 0 Å². The quantitative estimate of drug-likeness (QED) is 0.878. The number of hydrogen-bond acceptors (Lipinski definition) is 3. The molecule has 0 atom stereocenters. The predicted molar refractivity (Wildman–Crippen MR) is 84.4 cm³/mol. The van der Waals surface area contributed by atoms with Gasteiger partial charge < -0.3 is 10.4 Å². The molecule has 0 bridgehead atoms. The predicted octanol–water partition coefficient (Wildman–Crippen LogP) is 3.84. The molecule has 0 spiro atoms. The maximum atomic E-state index is 12.0. The molecular weight excluding hydrogens is 310 g/mol. The number of carboxylic acids is 1. The van der Waals surface area contributed by atoms with Gasteiger partial charge in [0.1, 0.15) is 5.00 Å². The highest BCUT2D eigenvalue weighted by Crippen LogP contribution is 2.28. The van der Waals surface area contributed by atoms with Crippen LogP contribution in [-0.2, 0) is 17.6 Å². The van der Waals surface area contributed by atoms with Crippen LogP contribution in [0.5, 0.6) is 0 Å². The van der Waals surface area contributed by atoms with Crippen molar-refractivity contribution in [2.75, 3.05) is 5.32 Å². The van der Waals surface area contributed by atoms with Crippen LogP contribution in [0.3, 0.4) is 0 Å². The summed E-state index contributed by atoms with van der Waals surface area (Å²) in [4.78, 5) is 24.1. The molecule has 2 N–H and O–H groups in total. The Morgan fingerprint density at radius 2 is 2.10 bits per heavy atom. The molecule has 0 aliphatic heterocycles. The second kappa shape index (κ2) is 6.74. The number of rotatable bonds is 5. The first-order chi connectivity index (χ1) is 9.99. The third kappa shape index (κ3) is 4.06. The number of aryl methyl sites for hydroxylation is 1. The molecule has 1 aromatic heterocycles. The van der Waals surface area contributed by atoms with Gasteiger partial charge in [-0.3, -0.25) is 4.79 Å². The van der Waals surface area contributed by atoms with Crippen LogP contribution in [0, 0.1) is 0 Å². The highest BCUT2D eigenvalue weighted by molar-refractivity contribution is 7.16. The first kappa shape index (κ1) is 15.5. The molecule has 0 unspecified atom stereocenters. The van der Waals surface area contributed by atoms with Gasteiger partial charge in [-0.1, -0.05) is 30.7 Å². The summed E-state index contributed by atoms with van der Waals surface area (Å²) in [7, 11) is 0. The number of anilines is 1. The largest absolute Gasteiger partial charge is 0.478 e. The van der Waals surface area contributed by atoms with Crippen molar-refractivity contribution in [1.82, 2.24) is 0 Å². The molecule has 0 aliphatic rings. The van der Waals surface area contributed by atoms with Gasteiger partial charge in [0.2, 0.25) is 5.91 Å². The van der Waals surface area contributed by atoms with E-state index < -0.39 is 5.97 Å². The van der Waals surface area contributed by atoms with E-state index in [1.54, 1.807) is 30.3 Å². The Labute approximate surface area is 131 Å². The van der Waals surface area contributed by atoms with Crippen molar-refractivity contribution in [3.05, 3.63) is 51.4 Å². The molecule has 4 nitrogen and oxygen atoms in total. The van der Waals surface area contributed by atoms with Gasteiger partial charge >= 0.3 is 5.97 Å². The number of halogens is 1. The van der Waals surface area contributed by atoms with E-state index in [0.29, 0.717) is 10.0 Å². The molecule has 0 saturated carbocycles. The van der Waals surface area contributed by atoms with E-state index in [1.165, 1.54) is 11.3 Å². The summed E-state index contributed by atoms with van der Waals surface area (Å²) >= 11 is 7.16. The smallest absolute Gasteiger partial charge is 0.338 e. The highest BCUT2D eigenvalue weighted by Gasteiger charge is 2.16. The number of carboxylic acid groups (broad SMARTS) is 1. The van der Waals surface area contributed by atoms with Crippen LogP contribution in [0.1, 0.15) is 27.7 Å². The average molecular weight is 324 g/mol. The van der Waals surface area contributed by atoms with E-state index in [1.807, 2.05) is 6.92 Å². The van der Waals surface area contributed by atoms with E-state index in [-0.39, 0.29) is 17.9 Å². The fraction of sp³-hybridized carbons (Fsp3) is 0.200. The number of hydrogen-bond donors (Lipinski definition) is 2. The van der Waals surface area contributed by atoms with Crippen molar-refractivity contribution in [3.8, 4) is 0 Å². The minimum Gasteiger partial charge on any atom is -0.478 e. The van der Waals surface area contributed by atoms with Crippen molar-refractivity contribution in [2.24, 2.45) is 0 Å². The summed E-state index contributed by atoms with van der Waals surface area (Å²) in [5, 5.41) is 12.8. The van der Waals surface area contributed by atoms with Gasteiger partial charge in [0.25, 0.3) is 0 Å². The number of carbonyl (C=O) groups is 2. The third-order valence-electron chi connectivity index (χ3n) is 2.87. The summed E-state index contributed by atoms with van der Waals surface area (Å²) in [5.41, 5.74) is 0.917. The highest BCUT2D eigenvalue weighted by atomic mass is 35.5. The summed E-state index contributed by atoms with van der Waals surface area (Å²) in [5.74, 6) is -1.30. The van der Waals surface area contributed by atoms with Crippen molar-refractivity contribution in [3.63, 3.8) is 0 Å². The molecule has 1 aromatic carbocycles. The lowest BCUT2D eigenvalue weighted by atomic mass is 10.1. The Balaban J connectivity index is 2.12. The van der Waals surface area contributed by atoms with Crippen LogP contribution in [0.15, 0.2) is 30.3 Å². The fourth-order valence-electron chi connectivity index (χ4n) is 1.87. The van der Waals surface area contributed by atoms with Crippen LogP contribution in [0.4, 0.5) is 5.00 Å². The fourth-order valence-corrected chi connectivity index (χ4v) is 3.09. The van der Waals surface area contributed by atoms with E-state index in [0.717, 1.165) is 16.9 Å². The van der Waals surface area contributed by atoms with Crippen LogP contribution in [0.25, 0.3) is 0 Å². The summed E-state index contributed by atoms with van der Waals surface area (Å²) in [6.07, 6.45) is 0.883. The minimum atomic E-state index is -1.04. The molecular formula is C15H14ClNO3S. The zero-order valence-corrected chi connectivity index (χ0v) is 12.9. The lowest BCUT2D eigenvalue weighted by Crippen LogP contribution is -2.15. The third-order valence-corrected chi connectivity index (χ3v) is 4.30. The van der Waals surface area contributed by atoms with Gasteiger partial charge in [-0.05, 0) is 30.2 Å². The van der Waals surface area contributed by atoms with Crippen molar-refractivity contribution in [2.45, 2.75) is 19.8 Å². The van der Waals surface area contributed by atoms with Gasteiger partial charge in [-0.2, -0.15) is 0 Å². The maximum absolute atomic E-state index is 12.0. The molecule has 21 heavy (non-hydrogen) atoms. The SMILES string of the molecule is CCc1cc(C(=O)O)c(NC(=O)Cc2cccc(Cl)c2)s1. The monoisotopic (exact) mass is 323 g/mol. The first-order valence-corrected chi connectivity index (χ1v) is 7.59. The van der Waals surface area contributed by atoms with E-state index in [9.17, 15) is 9.59 Å². The summed E-state index contributed by atoms with van der Waals surface area (Å²) in [6.45, 7) is 1.94. The summed E-state index contributed by atoms with van der Waals surface area (Å²) in [6, 6.07) is 8.62.